The van der Waals surface area contributed by atoms with Crippen molar-refractivity contribution in [1.29, 1.82) is 0 Å². The number of carbonyl (C=O) groups excluding carboxylic acids is 1. The average Bonchev–Trinajstić information content (AvgIpc) is 1.93. The number of aromatic nitrogens is 2. The predicted octanol–water partition coefficient (Wildman–Crippen LogP) is -2.01. The summed E-state index contributed by atoms with van der Waals surface area (Å²) < 4.78 is 0.954. The fourth-order valence-corrected chi connectivity index (χ4v) is 0.647. The van der Waals surface area contributed by atoms with Gasteiger partial charge in [-0.2, -0.15) is 0 Å². The molecule has 1 rings (SSSR count). The minimum atomic E-state index is -1.31. The molecule has 1 aromatic rings. The fraction of sp³-hybridized carbons (Fsp3) is 0.167. The van der Waals surface area contributed by atoms with Crippen molar-refractivity contribution in [3.05, 3.63) is 28.9 Å². The SMILES string of the molecule is O=C([O-])Cn1cccnc1=O. The fourth-order valence-electron chi connectivity index (χ4n) is 0.647. The van der Waals surface area contributed by atoms with Crippen molar-refractivity contribution < 1.29 is 9.90 Å². The van der Waals surface area contributed by atoms with Crippen molar-refractivity contribution in [3.63, 3.8) is 0 Å². The molecule has 0 N–H and O–H groups in total. The molecule has 11 heavy (non-hydrogen) atoms. The third-order valence-corrected chi connectivity index (χ3v) is 1.08. The molecule has 0 amide bonds. The Hall–Kier alpha value is -1.65. The zero-order chi connectivity index (χ0) is 8.27. The van der Waals surface area contributed by atoms with Gasteiger partial charge in [-0.3, -0.25) is 4.57 Å². The van der Waals surface area contributed by atoms with Crippen LogP contribution in [0.5, 0.6) is 0 Å². The first-order valence-corrected chi connectivity index (χ1v) is 2.91. The van der Waals surface area contributed by atoms with Crippen molar-refractivity contribution in [1.82, 2.24) is 9.55 Å². The molecule has 0 aliphatic heterocycles. The van der Waals surface area contributed by atoms with Gasteiger partial charge in [-0.05, 0) is 6.07 Å². The van der Waals surface area contributed by atoms with Gasteiger partial charge in [-0.25, -0.2) is 9.78 Å². The molecule has 0 bridgehead atoms. The van der Waals surface area contributed by atoms with Gasteiger partial charge in [-0.1, -0.05) is 0 Å². The zero-order valence-corrected chi connectivity index (χ0v) is 5.56. The van der Waals surface area contributed by atoms with E-state index in [1.165, 1.54) is 18.5 Å². The van der Waals surface area contributed by atoms with Crippen LogP contribution < -0.4 is 10.8 Å². The van der Waals surface area contributed by atoms with Crippen molar-refractivity contribution in [3.8, 4) is 0 Å². The molecule has 5 heteroatoms. The van der Waals surface area contributed by atoms with Crippen LogP contribution in [0.1, 0.15) is 0 Å². The van der Waals surface area contributed by atoms with E-state index in [-0.39, 0.29) is 0 Å². The Bertz CT molecular complexity index is 318. The van der Waals surface area contributed by atoms with Crippen LogP contribution in [0, 0.1) is 0 Å². The number of nitrogens with zero attached hydrogens (tertiary/aromatic N) is 2. The van der Waals surface area contributed by atoms with Crippen LogP contribution in [0.15, 0.2) is 23.3 Å². The summed E-state index contributed by atoms with van der Waals surface area (Å²) in [6.07, 6.45) is 2.64. The first-order valence-electron chi connectivity index (χ1n) is 2.91. The second-order valence-electron chi connectivity index (χ2n) is 1.90. The average molecular weight is 153 g/mol. The highest BCUT2D eigenvalue weighted by Gasteiger charge is 1.92. The van der Waals surface area contributed by atoms with Crippen LogP contribution in [0.25, 0.3) is 0 Å². The highest BCUT2D eigenvalue weighted by atomic mass is 16.4. The summed E-state index contributed by atoms with van der Waals surface area (Å²) in [5.74, 6) is -1.31. The lowest BCUT2D eigenvalue weighted by molar-refractivity contribution is -0.306. The molecule has 1 aromatic heterocycles. The zero-order valence-electron chi connectivity index (χ0n) is 5.56. The number of carboxylic acid groups (broad SMARTS) is 1. The van der Waals surface area contributed by atoms with Crippen LogP contribution in [-0.4, -0.2) is 15.5 Å². The van der Waals surface area contributed by atoms with Gasteiger partial charge < -0.3 is 9.90 Å². The van der Waals surface area contributed by atoms with Gasteiger partial charge >= 0.3 is 5.69 Å². The summed E-state index contributed by atoms with van der Waals surface area (Å²) in [7, 11) is 0. The molecule has 0 saturated carbocycles. The van der Waals surface area contributed by atoms with E-state index in [9.17, 15) is 14.7 Å². The third kappa shape index (κ3) is 1.89. The highest BCUT2D eigenvalue weighted by molar-refractivity contribution is 5.63. The van der Waals surface area contributed by atoms with E-state index in [4.69, 9.17) is 0 Å². The molecule has 0 unspecified atom stereocenters. The lowest BCUT2D eigenvalue weighted by atomic mass is 10.6. The molecule has 0 atom stereocenters. The number of hydrogen-bond acceptors (Lipinski definition) is 4. The summed E-state index contributed by atoms with van der Waals surface area (Å²) in [5.41, 5.74) is -0.586. The second-order valence-corrected chi connectivity index (χ2v) is 1.90. The standard InChI is InChI=1S/C6H6N2O3/c9-5(10)4-8-3-1-2-7-6(8)11/h1-3H,4H2,(H,9,10)/p-1. The largest absolute Gasteiger partial charge is 0.548 e. The molecular formula is C6H5N2O3-. The Morgan fingerprint density at radius 1 is 1.73 bits per heavy atom. The van der Waals surface area contributed by atoms with Crippen molar-refractivity contribution in [2.75, 3.05) is 0 Å². The minimum Gasteiger partial charge on any atom is -0.548 e. The lowest BCUT2D eigenvalue weighted by Gasteiger charge is -2.02. The molecule has 1 heterocycles. The molecule has 0 saturated heterocycles. The maximum Gasteiger partial charge on any atom is 0.347 e. The topological polar surface area (TPSA) is 75.0 Å². The lowest BCUT2D eigenvalue weighted by Crippen LogP contribution is -2.33. The van der Waals surface area contributed by atoms with E-state index in [0.717, 1.165) is 4.57 Å². The van der Waals surface area contributed by atoms with Crippen LogP contribution >= 0.6 is 0 Å². The molecule has 0 fully saturated rings. The summed E-state index contributed by atoms with van der Waals surface area (Å²) in [5, 5.41) is 10.0. The molecule has 0 spiro atoms. The molecule has 0 aliphatic rings. The Morgan fingerprint density at radius 2 is 2.45 bits per heavy atom. The molecule has 0 aliphatic carbocycles. The second kappa shape index (κ2) is 2.96. The number of aliphatic carboxylic acids is 1. The van der Waals surface area contributed by atoms with E-state index in [1.807, 2.05) is 0 Å². The smallest absolute Gasteiger partial charge is 0.347 e. The van der Waals surface area contributed by atoms with E-state index in [1.54, 1.807) is 0 Å². The van der Waals surface area contributed by atoms with E-state index < -0.39 is 18.2 Å². The van der Waals surface area contributed by atoms with Gasteiger partial charge in [0.1, 0.15) is 0 Å². The minimum absolute atomic E-state index is 0.452. The van der Waals surface area contributed by atoms with Gasteiger partial charge in [0.05, 0.1) is 12.5 Å². The van der Waals surface area contributed by atoms with E-state index >= 15 is 0 Å². The molecule has 0 aromatic carbocycles. The Labute approximate surface area is 61.9 Å². The maximum atomic E-state index is 10.7. The third-order valence-electron chi connectivity index (χ3n) is 1.08. The first-order chi connectivity index (χ1) is 5.20. The highest BCUT2D eigenvalue weighted by Crippen LogP contribution is 1.76. The number of carbonyl (C=O) groups is 1. The van der Waals surface area contributed by atoms with Crippen LogP contribution in [0.4, 0.5) is 0 Å². The predicted molar refractivity (Wildman–Crippen MR) is 33.5 cm³/mol. The van der Waals surface area contributed by atoms with Gasteiger partial charge in [0.2, 0.25) is 0 Å². The molecule has 5 nitrogen and oxygen atoms in total. The quantitative estimate of drug-likeness (QED) is 0.492. The van der Waals surface area contributed by atoms with Crippen molar-refractivity contribution in [2.24, 2.45) is 0 Å². The Kier molecular flexibility index (Phi) is 2.00. The number of carboxylic acids is 1. The number of hydrogen-bond donors (Lipinski definition) is 0. The van der Waals surface area contributed by atoms with Crippen LogP contribution in [0.3, 0.4) is 0 Å². The first kappa shape index (κ1) is 7.46. The molecule has 58 valence electrons. The summed E-state index contributed by atoms with van der Waals surface area (Å²) in [6, 6.07) is 1.48. The molecular weight excluding hydrogens is 148 g/mol. The van der Waals surface area contributed by atoms with Crippen molar-refractivity contribution in [2.45, 2.75) is 6.54 Å². The van der Waals surface area contributed by atoms with E-state index in [0.29, 0.717) is 0 Å². The van der Waals surface area contributed by atoms with Crippen LogP contribution in [-0.2, 0) is 11.3 Å². The monoisotopic (exact) mass is 153 g/mol. The van der Waals surface area contributed by atoms with Crippen molar-refractivity contribution >= 4 is 5.97 Å². The van der Waals surface area contributed by atoms with Gasteiger partial charge in [0, 0.05) is 12.4 Å². The summed E-state index contributed by atoms with van der Waals surface area (Å²) in [6.45, 7) is -0.452. The van der Waals surface area contributed by atoms with Gasteiger partial charge in [-0.15, -0.1) is 0 Å². The van der Waals surface area contributed by atoms with Gasteiger partial charge in [0.25, 0.3) is 0 Å². The Balaban J connectivity index is 2.95. The Morgan fingerprint density at radius 3 is 3.00 bits per heavy atom. The maximum absolute atomic E-state index is 10.7. The summed E-state index contributed by atoms with van der Waals surface area (Å²) in [4.78, 5) is 24.1. The van der Waals surface area contributed by atoms with Crippen LogP contribution in [0.2, 0.25) is 0 Å². The van der Waals surface area contributed by atoms with E-state index in [2.05, 4.69) is 4.98 Å². The summed E-state index contributed by atoms with van der Waals surface area (Å²) >= 11 is 0. The number of rotatable bonds is 2. The molecule has 0 radical (unpaired) electrons. The normalized spacial score (nSPS) is 9.45. The van der Waals surface area contributed by atoms with Gasteiger partial charge in [0.15, 0.2) is 0 Å².